The summed E-state index contributed by atoms with van der Waals surface area (Å²) < 4.78 is 247. The van der Waals surface area contributed by atoms with Crippen LogP contribution in [0.2, 0.25) is 0 Å². The highest BCUT2D eigenvalue weighted by Crippen LogP contribution is 2.64. The quantitative estimate of drug-likeness (QED) is 0.0342. The number of aliphatic hydroxyl groups excluding tert-OH is 4. The molecule has 0 spiro atoms. The van der Waals surface area contributed by atoms with Crippen molar-refractivity contribution in [2.24, 2.45) is 0 Å². The first-order valence-electron chi connectivity index (χ1n) is 21.5. The molecule has 0 bridgehead atoms. The molecule has 0 saturated carbocycles. The molecule has 7 nitrogen and oxygen atoms in total. The number of alkyl halides is 17. The van der Waals surface area contributed by atoms with Gasteiger partial charge in [0.15, 0.2) is 5.75 Å². The van der Waals surface area contributed by atoms with Crippen LogP contribution < -0.4 is 14.2 Å². The third kappa shape index (κ3) is 14.7. The number of hydrogen-bond donors (Lipinski definition) is 4. The summed E-state index contributed by atoms with van der Waals surface area (Å²) >= 11 is 0. The van der Waals surface area contributed by atoms with E-state index < -0.39 is 92.3 Å². The van der Waals surface area contributed by atoms with Gasteiger partial charge in [0.2, 0.25) is 0 Å². The zero-order valence-electron chi connectivity index (χ0n) is 37.1. The summed E-state index contributed by atoms with van der Waals surface area (Å²) in [6, 6.07) is 18.3. The van der Waals surface area contributed by atoms with E-state index in [1.54, 1.807) is 66.7 Å². The van der Waals surface area contributed by atoms with E-state index in [0.717, 1.165) is 0 Å². The van der Waals surface area contributed by atoms with E-state index in [1.807, 2.05) is 0 Å². The van der Waals surface area contributed by atoms with Crippen molar-refractivity contribution in [1.29, 1.82) is 0 Å². The maximum absolute atomic E-state index is 14.2. The van der Waals surface area contributed by atoms with E-state index in [2.05, 4.69) is 23.7 Å². The van der Waals surface area contributed by atoms with Crippen LogP contribution in [0.15, 0.2) is 66.7 Å². The van der Waals surface area contributed by atoms with Crippen LogP contribution in [0.4, 0.5) is 74.6 Å². The third-order valence-corrected chi connectivity index (χ3v) is 10.4. The topological polar surface area (TPSA) is 109 Å². The number of unbranched alkanes of at least 4 members (excludes halogenated alkanes) is 8. The van der Waals surface area contributed by atoms with Crippen LogP contribution in [0.25, 0.3) is 0 Å². The fraction of sp³-hybridized carbons (Fsp3) is 0.532. The lowest BCUT2D eigenvalue weighted by Crippen LogP contribution is -2.74. The van der Waals surface area contributed by atoms with Gasteiger partial charge in [-0.25, -0.2) is 0 Å². The van der Waals surface area contributed by atoms with Gasteiger partial charge in [-0.15, -0.1) is 0 Å². The molecule has 3 rings (SSSR count). The molecular weight excluding hydrogens is 999 g/mol. The van der Waals surface area contributed by atoms with Crippen LogP contribution in [0.1, 0.15) is 86.5 Å². The highest BCUT2D eigenvalue weighted by molar-refractivity contribution is 5.59. The fourth-order valence-corrected chi connectivity index (χ4v) is 6.14. The summed E-state index contributed by atoms with van der Waals surface area (Å²) in [5.74, 6) is -42.9. The van der Waals surface area contributed by atoms with Gasteiger partial charge in [0.1, 0.15) is 36.9 Å². The summed E-state index contributed by atoms with van der Waals surface area (Å²) in [6.45, 7) is -1.03. The SMILES string of the molecule is OCC(O)COc1ccc(C#Cc2cccc(C#Cc3ccc(OCC(O)CO)cc3)c2OCCCCCCCCCCCC(F)(F)C(F)(F)C(F)(F)C(F)(F)C(F)(F)C(F)(F)C(F)(F)C(F)(F)F)cc1. The first-order valence-corrected chi connectivity index (χ1v) is 21.5. The van der Waals surface area contributed by atoms with Crippen molar-refractivity contribution in [3.05, 3.63) is 89.0 Å². The predicted molar refractivity (Wildman–Crippen MR) is 221 cm³/mol. The molecule has 3 aromatic rings. The minimum atomic E-state index is -8.64. The summed E-state index contributed by atoms with van der Waals surface area (Å²) in [6.07, 6.45) is -11.1. The Morgan fingerprint density at radius 3 is 1.14 bits per heavy atom. The van der Waals surface area contributed by atoms with Crippen molar-refractivity contribution < 1.29 is 109 Å². The number of aliphatic hydroxyl groups is 4. The van der Waals surface area contributed by atoms with E-state index in [0.29, 0.717) is 71.6 Å². The Morgan fingerprint density at radius 1 is 0.408 bits per heavy atom. The molecular formula is C47H47F17O7. The number of hydrogen-bond acceptors (Lipinski definition) is 7. The van der Waals surface area contributed by atoms with Crippen molar-refractivity contribution in [2.75, 3.05) is 33.0 Å². The van der Waals surface area contributed by atoms with E-state index >= 15 is 0 Å². The standard InChI is InChI=1S/C47H47F17O7/c48-40(49,41(50,51)42(52,53)43(54,55)44(56,57)45(58,59)46(60,61)47(62,63)64)25-8-6-4-2-1-3-5-7-9-26-69-39-33(19-13-31-15-21-37(22-16-31)70-29-35(67)27-65)11-10-12-34(39)20-14-32-17-23-38(24-18-32)71-30-36(68)28-66/h10-12,15-18,21-24,35-36,65-68H,1-9,25-30H2. The van der Waals surface area contributed by atoms with Gasteiger partial charge in [0.05, 0.1) is 30.9 Å². The molecule has 0 aliphatic rings. The van der Waals surface area contributed by atoms with Crippen LogP contribution in [0.3, 0.4) is 0 Å². The Hall–Kier alpha value is -5.17. The minimum absolute atomic E-state index is 0.0326. The highest BCUT2D eigenvalue weighted by atomic mass is 19.4. The Morgan fingerprint density at radius 2 is 0.761 bits per heavy atom. The van der Waals surface area contributed by atoms with Gasteiger partial charge >= 0.3 is 47.6 Å². The molecule has 0 aliphatic heterocycles. The van der Waals surface area contributed by atoms with Crippen LogP contribution in [0, 0.1) is 23.7 Å². The number of para-hydroxylation sites is 1. The first-order chi connectivity index (χ1) is 32.9. The fourth-order valence-electron chi connectivity index (χ4n) is 6.14. The normalized spacial score (nSPS) is 13.9. The average Bonchev–Trinajstić information content (AvgIpc) is 3.31. The predicted octanol–water partition coefficient (Wildman–Crippen LogP) is 11.2. The molecule has 0 amide bonds. The second kappa shape index (κ2) is 25.0. The second-order valence-corrected chi connectivity index (χ2v) is 16.0. The Labute approximate surface area is 395 Å². The van der Waals surface area contributed by atoms with Crippen LogP contribution in [0.5, 0.6) is 17.2 Å². The Kier molecular flexibility index (Phi) is 21.2. The van der Waals surface area contributed by atoms with Crippen molar-refractivity contribution in [1.82, 2.24) is 0 Å². The molecule has 0 heterocycles. The van der Waals surface area contributed by atoms with Crippen LogP contribution in [-0.4, -0.2) is 113 Å². The molecule has 2 unspecified atom stereocenters. The summed E-state index contributed by atoms with van der Waals surface area (Å²) in [7, 11) is 0. The number of rotatable bonds is 27. The van der Waals surface area contributed by atoms with Gasteiger partial charge in [-0.1, -0.05) is 74.7 Å². The van der Waals surface area contributed by atoms with Gasteiger partial charge in [-0.2, -0.15) is 74.6 Å². The Bertz CT molecular complexity index is 2150. The molecule has 2 atom stereocenters. The van der Waals surface area contributed by atoms with Crippen molar-refractivity contribution in [3.8, 4) is 40.9 Å². The maximum atomic E-state index is 14.2. The smallest absolute Gasteiger partial charge is 0.460 e. The number of ether oxygens (including phenoxy) is 3. The summed E-state index contributed by atoms with van der Waals surface area (Å²) in [4.78, 5) is 0. The number of benzene rings is 3. The molecule has 0 saturated heterocycles. The zero-order chi connectivity index (χ0) is 53.5. The van der Waals surface area contributed by atoms with Gasteiger partial charge in [0, 0.05) is 17.5 Å². The summed E-state index contributed by atoms with van der Waals surface area (Å²) in [5.41, 5.74) is 2.13. The molecule has 0 radical (unpaired) electrons. The zero-order valence-corrected chi connectivity index (χ0v) is 37.1. The molecule has 3 aromatic carbocycles. The van der Waals surface area contributed by atoms with Gasteiger partial charge in [-0.05, 0) is 73.5 Å². The van der Waals surface area contributed by atoms with Gasteiger partial charge in [0.25, 0.3) is 0 Å². The van der Waals surface area contributed by atoms with E-state index in [-0.39, 0.29) is 32.7 Å². The van der Waals surface area contributed by atoms with Crippen molar-refractivity contribution in [3.63, 3.8) is 0 Å². The Balaban J connectivity index is 1.57. The molecule has 24 heteroatoms. The van der Waals surface area contributed by atoms with Gasteiger partial charge in [-0.3, -0.25) is 0 Å². The van der Waals surface area contributed by atoms with Gasteiger partial charge < -0.3 is 34.6 Å². The maximum Gasteiger partial charge on any atom is 0.460 e. The monoisotopic (exact) mass is 1050 g/mol. The lowest BCUT2D eigenvalue weighted by atomic mass is 9.87. The van der Waals surface area contributed by atoms with Crippen LogP contribution >= 0.6 is 0 Å². The largest absolute Gasteiger partial charge is 0.491 e. The summed E-state index contributed by atoms with van der Waals surface area (Å²) in [5, 5.41) is 37.0. The van der Waals surface area contributed by atoms with E-state index in [1.165, 1.54) is 0 Å². The average molecular weight is 1050 g/mol. The third-order valence-electron chi connectivity index (χ3n) is 10.4. The van der Waals surface area contributed by atoms with E-state index in [4.69, 9.17) is 24.4 Å². The molecule has 0 fully saturated rings. The molecule has 0 aliphatic carbocycles. The second-order valence-electron chi connectivity index (χ2n) is 16.0. The van der Waals surface area contributed by atoms with E-state index in [9.17, 15) is 84.9 Å². The number of halogens is 17. The molecule has 4 N–H and O–H groups in total. The lowest BCUT2D eigenvalue weighted by Gasteiger charge is -2.42. The minimum Gasteiger partial charge on any atom is -0.491 e. The lowest BCUT2D eigenvalue weighted by molar-refractivity contribution is -0.461. The first kappa shape index (κ1) is 60.1. The van der Waals surface area contributed by atoms with Crippen molar-refractivity contribution >= 4 is 0 Å². The molecule has 0 aromatic heterocycles. The molecule has 396 valence electrons. The van der Waals surface area contributed by atoms with Crippen LogP contribution in [-0.2, 0) is 0 Å². The molecule has 71 heavy (non-hydrogen) atoms. The highest BCUT2D eigenvalue weighted by Gasteiger charge is 2.95. The van der Waals surface area contributed by atoms with Crippen molar-refractivity contribution in [2.45, 2.75) is 124 Å².